The van der Waals surface area contributed by atoms with Crippen LogP contribution in [0.1, 0.15) is 0 Å². The molecule has 0 unspecified atom stereocenters. The molecule has 0 aliphatic rings. The number of nitrogens with zero attached hydrogens (tertiary/aromatic N) is 3. The molecule has 0 radical (unpaired) electrons. The number of nitrogens with one attached hydrogen (secondary N) is 1. The highest BCUT2D eigenvalue weighted by Gasteiger charge is 2.13. The van der Waals surface area contributed by atoms with E-state index in [0.29, 0.717) is 33.6 Å². The molecule has 3 aromatic rings. The number of anilines is 1. The Kier molecular flexibility index (Phi) is 2.72. The van der Waals surface area contributed by atoms with Gasteiger partial charge in [0.25, 0.3) is 0 Å². The standard InChI is InChI=1S/C12H10ClN5O/c1-19-8-3-2-6(13)4-7(8)11-17-9-10(14)15-5-16-12(9)18-11/h2-5H,1H3,(H3,14,15,16,17,18). The van der Waals surface area contributed by atoms with Gasteiger partial charge in [-0.15, -0.1) is 0 Å². The second-order valence-corrected chi connectivity index (χ2v) is 4.32. The zero-order valence-electron chi connectivity index (χ0n) is 10.0. The molecular weight excluding hydrogens is 266 g/mol. The number of imidazole rings is 1. The summed E-state index contributed by atoms with van der Waals surface area (Å²) in [6.45, 7) is 0. The predicted molar refractivity (Wildman–Crippen MR) is 73.1 cm³/mol. The van der Waals surface area contributed by atoms with Gasteiger partial charge >= 0.3 is 0 Å². The summed E-state index contributed by atoms with van der Waals surface area (Å²) in [6.07, 6.45) is 1.37. The molecule has 6 nitrogen and oxygen atoms in total. The third-order valence-corrected chi connectivity index (χ3v) is 2.97. The highest BCUT2D eigenvalue weighted by molar-refractivity contribution is 6.30. The van der Waals surface area contributed by atoms with Crippen molar-refractivity contribution < 1.29 is 4.74 Å². The van der Waals surface area contributed by atoms with E-state index >= 15 is 0 Å². The molecule has 0 spiro atoms. The Labute approximate surface area is 113 Å². The lowest BCUT2D eigenvalue weighted by Gasteiger charge is -2.05. The summed E-state index contributed by atoms with van der Waals surface area (Å²) in [6, 6.07) is 5.29. The normalized spacial score (nSPS) is 10.8. The van der Waals surface area contributed by atoms with Crippen molar-refractivity contribution in [2.75, 3.05) is 12.8 Å². The number of methoxy groups -OCH3 is 1. The van der Waals surface area contributed by atoms with Gasteiger partial charge in [-0.25, -0.2) is 15.0 Å². The van der Waals surface area contributed by atoms with Crippen LogP contribution in [0.15, 0.2) is 24.5 Å². The minimum Gasteiger partial charge on any atom is -0.496 e. The van der Waals surface area contributed by atoms with E-state index in [-0.39, 0.29) is 0 Å². The van der Waals surface area contributed by atoms with Gasteiger partial charge in [-0.3, -0.25) is 0 Å². The summed E-state index contributed by atoms with van der Waals surface area (Å²) in [5.41, 5.74) is 7.61. The molecule has 0 atom stereocenters. The fourth-order valence-electron chi connectivity index (χ4n) is 1.84. The molecule has 0 saturated carbocycles. The van der Waals surface area contributed by atoms with E-state index in [2.05, 4.69) is 19.9 Å². The van der Waals surface area contributed by atoms with Crippen molar-refractivity contribution in [1.29, 1.82) is 0 Å². The van der Waals surface area contributed by atoms with E-state index in [9.17, 15) is 0 Å². The van der Waals surface area contributed by atoms with E-state index in [0.717, 1.165) is 5.56 Å². The number of benzene rings is 1. The van der Waals surface area contributed by atoms with Gasteiger partial charge in [0.05, 0.1) is 12.7 Å². The van der Waals surface area contributed by atoms with Crippen LogP contribution >= 0.6 is 11.6 Å². The smallest absolute Gasteiger partial charge is 0.183 e. The van der Waals surface area contributed by atoms with Crippen molar-refractivity contribution in [1.82, 2.24) is 19.9 Å². The number of halogens is 1. The number of nitrogen functional groups attached to an aromatic ring is 1. The van der Waals surface area contributed by atoms with Crippen molar-refractivity contribution in [3.8, 4) is 17.1 Å². The Morgan fingerprint density at radius 3 is 2.89 bits per heavy atom. The van der Waals surface area contributed by atoms with Crippen LogP contribution < -0.4 is 10.5 Å². The minimum absolute atomic E-state index is 0.352. The molecular formula is C12H10ClN5O. The van der Waals surface area contributed by atoms with E-state index in [1.807, 2.05) is 0 Å². The molecule has 0 aliphatic carbocycles. The number of H-pyrrole nitrogens is 1. The maximum Gasteiger partial charge on any atom is 0.183 e. The number of fused-ring (bicyclic) bond motifs is 1. The minimum atomic E-state index is 0.352. The molecule has 0 aliphatic heterocycles. The van der Waals surface area contributed by atoms with E-state index in [4.69, 9.17) is 22.1 Å². The van der Waals surface area contributed by atoms with E-state index in [1.165, 1.54) is 6.33 Å². The molecule has 2 heterocycles. The lowest BCUT2D eigenvalue weighted by molar-refractivity contribution is 0.416. The number of ether oxygens (including phenoxy) is 1. The number of aromatic amines is 1. The van der Waals surface area contributed by atoms with Crippen molar-refractivity contribution in [3.63, 3.8) is 0 Å². The molecule has 96 valence electrons. The van der Waals surface area contributed by atoms with Crippen LogP contribution in [0.25, 0.3) is 22.6 Å². The first-order chi connectivity index (χ1) is 9.19. The first kappa shape index (κ1) is 11.7. The highest BCUT2D eigenvalue weighted by Crippen LogP contribution is 2.32. The number of hydrogen-bond donors (Lipinski definition) is 2. The van der Waals surface area contributed by atoms with Crippen LogP contribution in [0.5, 0.6) is 5.75 Å². The maximum absolute atomic E-state index is 6.00. The summed E-state index contributed by atoms with van der Waals surface area (Å²) in [4.78, 5) is 15.4. The van der Waals surface area contributed by atoms with Gasteiger partial charge in [-0.2, -0.15) is 0 Å². The van der Waals surface area contributed by atoms with E-state index in [1.54, 1.807) is 25.3 Å². The van der Waals surface area contributed by atoms with Crippen molar-refractivity contribution in [2.24, 2.45) is 0 Å². The molecule has 3 N–H and O–H groups in total. The number of rotatable bonds is 2. The average molecular weight is 276 g/mol. The first-order valence-corrected chi connectivity index (χ1v) is 5.87. The van der Waals surface area contributed by atoms with Gasteiger partial charge in [0.15, 0.2) is 11.5 Å². The largest absolute Gasteiger partial charge is 0.496 e. The Morgan fingerprint density at radius 1 is 1.32 bits per heavy atom. The van der Waals surface area contributed by atoms with Crippen LogP contribution in [0, 0.1) is 0 Å². The van der Waals surface area contributed by atoms with Crippen molar-refractivity contribution in [3.05, 3.63) is 29.5 Å². The van der Waals surface area contributed by atoms with Crippen molar-refractivity contribution in [2.45, 2.75) is 0 Å². The Balaban J connectivity index is 2.24. The summed E-state index contributed by atoms with van der Waals surface area (Å²) < 4.78 is 5.30. The molecule has 0 saturated heterocycles. The first-order valence-electron chi connectivity index (χ1n) is 5.49. The van der Waals surface area contributed by atoms with E-state index < -0.39 is 0 Å². The second kappa shape index (κ2) is 4.40. The quantitative estimate of drug-likeness (QED) is 0.749. The van der Waals surface area contributed by atoms with Crippen LogP contribution in [0.2, 0.25) is 5.02 Å². The fourth-order valence-corrected chi connectivity index (χ4v) is 2.01. The van der Waals surface area contributed by atoms with Crippen molar-refractivity contribution >= 4 is 28.6 Å². The summed E-state index contributed by atoms with van der Waals surface area (Å²) in [5.74, 6) is 1.60. The highest BCUT2D eigenvalue weighted by atomic mass is 35.5. The molecule has 0 amide bonds. The van der Waals surface area contributed by atoms with Crippen LogP contribution in [-0.4, -0.2) is 27.0 Å². The van der Waals surface area contributed by atoms with Crippen LogP contribution in [0.4, 0.5) is 5.82 Å². The molecule has 1 aromatic carbocycles. The monoisotopic (exact) mass is 275 g/mol. The molecule has 0 bridgehead atoms. The third kappa shape index (κ3) is 1.96. The molecule has 0 fully saturated rings. The predicted octanol–water partition coefficient (Wildman–Crippen LogP) is 2.26. The zero-order valence-corrected chi connectivity index (χ0v) is 10.8. The van der Waals surface area contributed by atoms with Gasteiger partial charge in [-0.05, 0) is 18.2 Å². The van der Waals surface area contributed by atoms with Crippen LogP contribution in [0.3, 0.4) is 0 Å². The molecule has 3 rings (SSSR count). The number of hydrogen-bond acceptors (Lipinski definition) is 5. The van der Waals surface area contributed by atoms with Crippen LogP contribution in [-0.2, 0) is 0 Å². The van der Waals surface area contributed by atoms with Gasteiger partial charge in [0.1, 0.15) is 23.4 Å². The number of aromatic nitrogens is 4. The maximum atomic E-state index is 6.00. The third-order valence-electron chi connectivity index (χ3n) is 2.73. The second-order valence-electron chi connectivity index (χ2n) is 3.89. The van der Waals surface area contributed by atoms with Gasteiger partial charge < -0.3 is 15.5 Å². The van der Waals surface area contributed by atoms with Gasteiger partial charge in [-0.1, -0.05) is 11.6 Å². The fraction of sp³-hybridized carbons (Fsp3) is 0.0833. The Hall–Kier alpha value is -2.34. The lowest BCUT2D eigenvalue weighted by atomic mass is 10.2. The van der Waals surface area contributed by atoms with Gasteiger partial charge in [0.2, 0.25) is 0 Å². The SMILES string of the molecule is COc1ccc(Cl)cc1-c1nc2ncnc(N)c2[nH]1. The molecule has 7 heteroatoms. The van der Waals surface area contributed by atoms with Gasteiger partial charge in [0, 0.05) is 5.02 Å². The zero-order chi connectivity index (χ0) is 13.4. The lowest BCUT2D eigenvalue weighted by Crippen LogP contribution is -1.92. The average Bonchev–Trinajstić information content (AvgIpc) is 2.84. The molecule has 19 heavy (non-hydrogen) atoms. The summed E-state index contributed by atoms with van der Waals surface area (Å²) in [7, 11) is 1.59. The molecule has 2 aromatic heterocycles. The Bertz CT molecular complexity index is 755. The summed E-state index contributed by atoms with van der Waals surface area (Å²) >= 11 is 6.00. The summed E-state index contributed by atoms with van der Waals surface area (Å²) in [5, 5.41) is 0.593. The number of nitrogens with two attached hydrogens (primary N) is 1. The topological polar surface area (TPSA) is 89.7 Å². The Morgan fingerprint density at radius 2 is 2.16 bits per heavy atom.